The second-order valence-electron chi connectivity index (χ2n) is 12.5. The van der Waals surface area contributed by atoms with E-state index >= 15 is 0 Å². The predicted molar refractivity (Wildman–Crippen MR) is 172 cm³/mol. The fourth-order valence-corrected chi connectivity index (χ4v) is 7.41. The summed E-state index contributed by atoms with van der Waals surface area (Å²) in [5.74, 6) is -3.34. The standard InChI is InChI=1S/C30H35F3N6O8S2/c1-29(2,3)27(42)46-16-45-26(41)21(13-18-12-17-6-8-35-24(34)19(17)14-22(18)47-30(31,32)33)38-11-7-20(25(38)40)39(49(43)44)23-15-36-28(48-23)37-9-4-5-10-37/h6,8,12,14-15,20-21H,4-5,7,9-11,13,16H2,1-3H3,(H2,34,35)(H,43,44)/p-1/t20-,21+/m0/s1. The van der Waals surface area contributed by atoms with E-state index in [9.17, 15) is 36.3 Å². The second-order valence-corrected chi connectivity index (χ2v) is 14.3. The summed E-state index contributed by atoms with van der Waals surface area (Å²) in [6.45, 7) is 5.27. The summed E-state index contributed by atoms with van der Waals surface area (Å²) in [5.41, 5.74) is 4.82. The van der Waals surface area contributed by atoms with Crippen molar-refractivity contribution in [2.75, 3.05) is 41.4 Å². The molecule has 49 heavy (non-hydrogen) atoms. The van der Waals surface area contributed by atoms with Gasteiger partial charge in [0.15, 0.2) is 5.13 Å². The number of aromatic nitrogens is 2. The highest BCUT2D eigenvalue weighted by atomic mass is 32.2. The third-order valence-corrected chi connectivity index (χ3v) is 9.94. The third-order valence-electron chi connectivity index (χ3n) is 8.00. The molecule has 5 rings (SSSR count). The van der Waals surface area contributed by atoms with E-state index in [2.05, 4.69) is 14.7 Å². The normalized spacial score (nSPS) is 18.1. The first kappa shape index (κ1) is 36.1. The fraction of sp³-hybridized carbons (Fsp3) is 0.500. The van der Waals surface area contributed by atoms with Crippen molar-refractivity contribution in [3.8, 4) is 5.75 Å². The Morgan fingerprint density at radius 1 is 1.16 bits per heavy atom. The molecule has 2 saturated heterocycles. The van der Waals surface area contributed by atoms with Gasteiger partial charge in [-0.25, -0.2) is 14.8 Å². The number of hydrogen-bond acceptors (Lipinski definition) is 13. The van der Waals surface area contributed by atoms with Crippen molar-refractivity contribution >= 4 is 67.2 Å². The molecule has 2 aliphatic heterocycles. The van der Waals surface area contributed by atoms with Gasteiger partial charge in [0.25, 0.3) is 0 Å². The molecule has 19 heteroatoms. The highest BCUT2D eigenvalue weighted by Crippen LogP contribution is 2.37. The van der Waals surface area contributed by atoms with Gasteiger partial charge in [0, 0.05) is 48.9 Å². The number of nitrogens with zero attached hydrogens (tertiary/aromatic N) is 5. The molecule has 3 aromatic rings. The highest BCUT2D eigenvalue weighted by molar-refractivity contribution is 7.81. The summed E-state index contributed by atoms with van der Waals surface area (Å²) in [7, 11) is 0. The Morgan fingerprint density at radius 3 is 2.53 bits per heavy atom. The maximum absolute atomic E-state index is 14.0. The van der Waals surface area contributed by atoms with Gasteiger partial charge < -0.3 is 34.3 Å². The number of ether oxygens (including phenoxy) is 3. The maximum Gasteiger partial charge on any atom is 0.573 e. The largest absolute Gasteiger partial charge is 0.755 e. The lowest BCUT2D eigenvalue weighted by molar-refractivity contribution is -0.274. The van der Waals surface area contributed by atoms with E-state index in [-0.39, 0.29) is 34.7 Å². The number of esters is 2. The molecule has 0 bridgehead atoms. The van der Waals surface area contributed by atoms with E-state index in [0.29, 0.717) is 10.5 Å². The molecule has 266 valence electrons. The average molecular weight is 728 g/mol. The number of amides is 1. The number of hydrogen-bond donors (Lipinski definition) is 1. The minimum Gasteiger partial charge on any atom is -0.755 e. The molecule has 14 nitrogen and oxygen atoms in total. The second kappa shape index (κ2) is 14.3. The molecule has 1 aromatic carbocycles. The van der Waals surface area contributed by atoms with E-state index in [0.717, 1.165) is 52.5 Å². The molecule has 2 aliphatic rings. The number of benzene rings is 1. The van der Waals surface area contributed by atoms with Crippen LogP contribution in [0.4, 0.5) is 29.1 Å². The molecular formula is C30H34F3N6O8S2-. The number of nitrogens with two attached hydrogens (primary N) is 1. The van der Waals surface area contributed by atoms with Crippen molar-refractivity contribution in [2.45, 2.75) is 64.9 Å². The van der Waals surface area contributed by atoms with E-state index < -0.39 is 71.9 Å². The minimum atomic E-state index is -5.13. The number of alkyl halides is 3. The molecule has 2 fully saturated rings. The van der Waals surface area contributed by atoms with Crippen LogP contribution in [0, 0.1) is 5.41 Å². The summed E-state index contributed by atoms with van der Waals surface area (Å²) in [6, 6.07) is 0.986. The Hall–Kier alpha value is -4.23. The van der Waals surface area contributed by atoms with Crippen LogP contribution < -0.4 is 19.7 Å². The van der Waals surface area contributed by atoms with Gasteiger partial charge in [-0.1, -0.05) is 11.3 Å². The summed E-state index contributed by atoms with van der Waals surface area (Å²) >= 11 is -1.83. The van der Waals surface area contributed by atoms with Crippen LogP contribution in [0.2, 0.25) is 0 Å². The summed E-state index contributed by atoms with van der Waals surface area (Å²) in [6.07, 6.45) is -1.10. The van der Waals surface area contributed by atoms with Crippen molar-refractivity contribution in [2.24, 2.45) is 5.41 Å². The molecule has 3 atom stereocenters. The first-order chi connectivity index (χ1) is 23.0. The zero-order valence-electron chi connectivity index (χ0n) is 26.7. The Kier molecular flexibility index (Phi) is 10.5. The first-order valence-electron chi connectivity index (χ1n) is 15.2. The maximum atomic E-state index is 14.0. The van der Waals surface area contributed by atoms with E-state index in [1.807, 2.05) is 4.90 Å². The Bertz CT molecular complexity index is 1740. The van der Waals surface area contributed by atoms with Gasteiger partial charge in [-0.3, -0.25) is 18.1 Å². The Balaban J connectivity index is 1.47. The van der Waals surface area contributed by atoms with Crippen LogP contribution in [0.15, 0.2) is 30.6 Å². The number of anilines is 3. The zero-order chi connectivity index (χ0) is 35.7. The molecule has 1 amide bonds. The molecule has 2 aromatic heterocycles. The van der Waals surface area contributed by atoms with Gasteiger partial charge in [0.05, 0.1) is 11.6 Å². The van der Waals surface area contributed by atoms with Crippen LogP contribution in [0.25, 0.3) is 10.8 Å². The number of carbonyl (C=O) groups excluding carboxylic acids is 3. The number of carbonyl (C=O) groups is 3. The summed E-state index contributed by atoms with van der Waals surface area (Å²) in [4.78, 5) is 51.1. The lowest BCUT2D eigenvalue weighted by atomic mass is 9.98. The molecule has 0 aliphatic carbocycles. The average Bonchev–Trinajstić information content (AvgIpc) is 3.78. The fourth-order valence-electron chi connectivity index (χ4n) is 5.59. The minimum absolute atomic E-state index is 0.0572. The molecule has 2 N–H and O–H groups in total. The Morgan fingerprint density at radius 2 is 1.88 bits per heavy atom. The number of rotatable bonds is 11. The van der Waals surface area contributed by atoms with Crippen LogP contribution in [0.3, 0.4) is 0 Å². The van der Waals surface area contributed by atoms with Crippen LogP contribution in [0.1, 0.15) is 45.6 Å². The van der Waals surface area contributed by atoms with Crippen LogP contribution in [-0.4, -0.2) is 86.3 Å². The molecule has 1 unspecified atom stereocenters. The van der Waals surface area contributed by atoms with E-state index in [1.165, 1.54) is 24.5 Å². The predicted octanol–water partition coefficient (Wildman–Crippen LogP) is 3.68. The topological polar surface area (TPSA) is 181 Å². The highest BCUT2D eigenvalue weighted by Gasteiger charge is 2.44. The van der Waals surface area contributed by atoms with Gasteiger partial charge in [-0.05, 0) is 69.2 Å². The van der Waals surface area contributed by atoms with Crippen molar-refractivity contribution in [1.29, 1.82) is 0 Å². The first-order valence-corrected chi connectivity index (χ1v) is 17.0. The van der Waals surface area contributed by atoms with Crippen LogP contribution >= 0.6 is 11.3 Å². The smallest absolute Gasteiger partial charge is 0.573 e. The molecule has 0 radical (unpaired) electrons. The summed E-state index contributed by atoms with van der Waals surface area (Å²) in [5, 5.41) is 1.31. The third kappa shape index (κ3) is 8.33. The van der Waals surface area contributed by atoms with Gasteiger partial charge in [-0.2, -0.15) is 0 Å². The number of likely N-dealkylation sites (tertiary alicyclic amines) is 1. The quantitative estimate of drug-likeness (QED) is 0.172. The van der Waals surface area contributed by atoms with Gasteiger partial charge in [0.2, 0.25) is 12.7 Å². The van der Waals surface area contributed by atoms with E-state index in [1.54, 1.807) is 20.8 Å². The molecular weight excluding hydrogens is 693 g/mol. The number of nitrogen functional groups attached to an aromatic ring is 1. The number of halogens is 3. The van der Waals surface area contributed by atoms with Crippen molar-refractivity contribution in [3.05, 3.63) is 36.2 Å². The van der Waals surface area contributed by atoms with Gasteiger partial charge in [-0.15, -0.1) is 13.2 Å². The van der Waals surface area contributed by atoms with Gasteiger partial charge in [0.1, 0.15) is 28.7 Å². The zero-order valence-corrected chi connectivity index (χ0v) is 28.4. The summed E-state index contributed by atoms with van der Waals surface area (Å²) < 4.78 is 81.2. The SMILES string of the molecule is CC(C)(C)C(=O)OCOC(=O)[C@@H](Cc1cc2ccnc(N)c2cc1OC(F)(F)F)N1CC[C@H](N(c2cnc(N3CCCC3)s2)S(=O)[O-])C1=O. The lowest BCUT2D eigenvalue weighted by Crippen LogP contribution is -2.49. The Labute approximate surface area is 285 Å². The van der Waals surface area contributed by atoms with Crippen LogP contribution in [-0.2, 0) is 41.5 Å². The monoisotopic (exact) mass is 727 g/mol. The number of fused-ring (bicyclic) bond motifs is 1. The van der Waals surface area contributed by atoms with Crippen molar-refractivity contribution in [1.82, 2.24) is 14.9 Å². The number of thiazole rings is 1. The van der Waals surface area contributed by atoms with Crippen LogP contribution in [0.5, 0.6) is 5.75 Å². The molecule has 4 heterocycles. The molecule has 0 saturated carbocycles. The lowest BCUT2D eigenvalue weighted by Gasteiger charge is -2.31. The van der Waals surface area contributed by atoms with Gasteiger partial charge >= 0.3 is 18.3 Å². The van der Waals surface area contributed by atoms with Crippen molar-refractivity contribution < 1.29 is 50.5 Å². The molecule has 0 spiro atoms. The van der Waals surface area contributed by atoms with E-state index in [4.69, 9.17) is 15.2 Å². The number of pyridine rings is 1. The van der Waals surface area contributed by atoms with Crippen molar-refractivity contribution in [3.63, 3.8) is 0 Å².